The van der Waals surface area contributed by atoms with Crippen LogP contribution in [0.25, 0.3) is 0 Å². The molecule has 86 valence electrons. The Labute approximate surface area is 95.8 Å². The van der Waals surface area contributed by atoms with Crippen LogP contribution in [-0.4, -0.2) is 19.1 Å². The number of para-hydroxylation sites is 1. The molecule has 1 atom stereocenters. The topological polar surface area (TPSA) is 38.3 Å². The number of unbranched alkanes of at least 4 members (excludes halogenated alkanes) is 1. The van der Waals surface area contributed by atoms with Gasteiger partial charge in [-0.05, 0) is 18.1 Å². The van der Waals surface area contributed by atoms with E-state index in [1.54, 1.807) is 0 Å². The Bertz CT molecular complexity index is 376. The number of ether oxygens (including phenoxy) is 1. The zero-order valence-corrected chi connectivity index (χ0v) is 9.53. The van der Waals surface area contributed by atoms with Crippen molar-refractivity contribution >= 4 is 11.7 Å². The molecule has 1 aliphatic heterocycles. The van der Waals surface area contributed by atoms with Crippen LogP contribution in [0.5, 0.6) is 0 Å². The van der Waals surface area contributed by atoms with Crippen LogP contribution in [0.2, 0.25) is 0 Å². The number of benzene rings is 1. The summed E-state index contributed by atoms with van der Waals surface area (Å²) in [5, 5.41) is 3.22. The van der Waals surface area contributed by atoms with Crippen molar-refractivity contribution in [2.75, 3.05) is 18.5 Å². The molecule has 1 N–H and O–H groups in total. The van der Waals surface area contributed by atoms with Crippen molar-refractivity contribution < 1.29 is 9.53 Å². The van der Waals surface area contributed by atoms with E-state index >= 15 is 0 Å². The van der Waals surface area contributed by atoms with Crippen LogP contribution in [0.15, 0.2) is 24.3 Å². The molecule has 1 heterocycles. The highest BCUT2D eigenvalue weighted by atomic mass is 16.5. The number of nitrogens with one attached hydrogen (secondary N) is 1. The third-order valence-corrected chi connectivity index (χ3v) is 2.86. The second-order valence-electron chi connectivity index (χ2n) is 4.04. The highest BCUT2D eigenvalue weighted by Crippen LogP contribution is 2.31. The smallest absolute Gasteiger partial charge is 0.315 e. The second kappa shape index (κ2) is 5.01. The third-order valence-electron chi connectivity index (χ3n) is 2.86. The van der Waals surface area contributed by atoms with Crippen molar-refractivity contribution in [3.05, 3.63) is 29.8 Å². The molecular weight excluding hydrogens is 202 g/mol. The molecule has 1 aliphatic rings. The van der Waals surface area contributed by atoms with Gasteiger partial charge >= 0.3 is 5.97 Å². The average molecular weight is 219 g/mol. The average Bonchev–Trinajstić information content (AvgIpc) is 2.73. The summed E-state index contributed by atoms with van der Waals surface area (Å²) in [6, 6.07) is 7.91. The Morgan fingerprint density at radius 2 is 2.31 bits per heavy atom. The van der Waals surface area contributed by atoms with Gasteiger partial charge in [0.05, 0.1) is 6.61 Å². The van der Waals surface area contributed by atoms with E-state index in [0.29, 0.717) is 13.2 Å². The molecule has 0 aromatic heterocycles. The zero-order chi connectivity index (χ0) is 11.4. The van der Waals surface area contributed by atoms with Gasteiger partial charge in [-0.1, -0.05) is 31.5 Å². The first-order valence-electron chi connectivity index (χ1n) is 5.82. The van der Waals surface area contributed by atoms with Crippen molar-refractivity contribution in [1.29, 1.82) is 0 Å². The molecule has 1 aromatic rings. The van der Waals surface area contributed by atoms with Crippen LogP contribution < -0.4 is 5.32 Å². The van der Waals surface area contributed by atoms with Crippen LogP contribution >= 0.6 is 0 Å². The van der Waals surface area contributed by atoms with Crippen molar-refractivity contribution in [3.8, 4) is 0 Å². The van der Waals surface area contributed by atoms with Crippen LogP contribution in [0.1, 0.15) is 31.2 Å². The molecule has 16 heavy (non-hydrogen) atoms. The lowest BCUT2D eigenvalue weighted by Crippen LogP contribution is -2.18. The number of esters is 1. The molecule has 2 rings (SSSR count). The highest BCUT2D eigenvalue weighted by molar-refractivity contribution is 5.83. The molecule has 0 fully saturated rings. The van der Waals surface area contributed by atoms with E-state index in [-0.39, 0.29) is 11.9 Å². The van der Waals surface area contributed by atoms with Gasteiger partial charge in [-0.25, -0.2) is 0 Å². The fourth-order valence-corrected chi connectivity index (χ4v) is 1.91. The van der Waals surface area contributed by atoms with Gasteiger partial charge in [-0.15, -0.1) is 0 Å². The SMILES string of the molecule is CCCCOC(=O)C1CNc2ccccc21. The van der Waals surface area contributed by atoms with Crippen molar-refractivity contribution in [3.63, 3.8) is 0 Å². The minimum absolute atomic E-state index is 0.106. The molecule has 3 heteroatoms. The lowest BCUT2D eigenvalue weighted by molar-refractivity contribution is -0.145. The molecule has 0 saturated carbocycles. The number of rotatable bonds is 4. The zero-order valence-electron chi connectivity index (χ0n) is 9.53. The predicted molar refractivity (Wildman–Crippen MR) is 63.5 cm³/mol. The highest BCUT2D eigenvalue weighted by Gasteiger charge is 2.29. The lowest BCUT2D eigenvalue weighted by atomic mass is 10.0. The largest absolute Gasteiger partial charge is 0.465 e. The molecular formula is C13H17NO2. The molecule has 1 aromatic carbocycles. The van der Waals surface area contributed by atoms with E-state index in [0.717, 1.165) is 24.1 Å². The van der Waals surface area contributed by atoms with E-state index in [2.05, 4.69) is 12.2 Å². The normalized spacial score (nSPS) is 17.7. The van der Waals surface area contributed by atoms with E-state index in [4.69, 9.17) is 4.74 Å². The number of anilines is 1. The first-order valence-corrected chi connectivity index (χ1v) is 5.82. The van der Waals surface area contributed by atoms with Crippen molar-refractivity contribution in [2.45, 2.75) is 25.7 Å². The summed E-state index contributed by atoms with van der Waals surface area (Å²) in [5.41, 5.74) is 2.11. The summed E-state index contributed by atoms with van der Waals surface area (Å²) in [4.78, 5) is 11.8. The second-order valence-corrected chi connectivity index (χ2v) is 4.04. The Morgan fingerprint density at radius 3 is 3.12 bits per heavy atom. The standard InChI is InChI=1S/C13H17NO2/c1-2-3-8-16-13(15)11-9-14-12-7-5-4-6-10(11)12/h4-7,11,14H,2-3,8-9H2,1H3. The van der Waals surface area contributed by atoms with Gasteiger partial charge in [-0.3, -0.25) is 4.79 Å². The number of carbonyl (C=O) groups excluding carboxylic acids is 1. The predicted octanol–water partition coefficient (Wildman–Crippen LogP) is 2.54. The van der Waals surface area contributed by atoms with Gasteiger partial charge in [-0.2, -0.15) is 0 Å². The number of hydrogen-bond donors (Lipinski definition) is 1. The van der Waals surface area contributed by atoms with Crippen molar-refractivity contribution in [1.82, 2.24) is 0 Å². The molecule has 0 amide bonds. The summed E-state index contributed by atoms with van der Waals surface area (Å²) in [6.07, 6.45) is 1.99. The van der Waals surface area contributed by atoms with Crippen molar-refractivity contribution in [2.24, 2.45) is 0 Å². The van der Waals surface area contributed by atoms with E-state index < -0.39 is 0 Å². The first-order chi connectivity index (χ1) is 7.83. The summed E-state index contributed by atoms with van der Waals surface area (Å²) in [7, 11) is 0. The van der Waals surface area contributed by atoms with Gasteiger partial charge in [0.2, 0.25) is 0 Å². The maximum atomic E-state index is 11.8. The van der Waals surface area contributed by atoms with E-state index in [9.17, 15) is 4.79 Å². The summed E-state index contributed by atoms with van der Waals surface area (Å²) < 4.78 is 5.24. The van der Waals surface area contributed by atoms with E-state index in [1.807, 2.05) is 24.3 Å². The number of carbonyl (C=O) groups is 1. The fraction of sp³-hybridized carbons (Fsp3) is 0.462. The maximum absolute atomic E-state index is 11.8. The monoisotopic (exact) mass is 219 g/mol. The molecule has 1 unspecified atom stereocenters. The van der Waals surface area contributed by atoms with Gasteiger partial charge in [0, 0.05) is 12.2 Å². The van der Waals surface area contributed by atoms with Crippen LogP contribution in [0.3, 0.4) is 0 Å². The summed E-state index contributed by atoms with van der Waals surface area (Å²) >= 11 is 0. The Morgan fingerprint density at radius 1 is 1.50 bits per heavy atom. The molecule has 0 bridgehead atoms. The van der Waals surface area contributed by atoms with Crippen LogP contribution in [-0.2, 0) is 9.53 Å². The quantitative estimate of drug-likeness (QED) is 0.624. The number of fused-ring (bicyclic) bond motifs is 1. The van der Waals surface area contributed by atoms with Crippen LogP contribution in [0.4, 0.5) is 5.69 Å². The van der Waals surface area contributed by atoms with Gasteiger partial charge in [0.1, 0.15) is 5.92 Å². The Balaban J connectivity index is 1.99. The minimum Gasteiger partial charge on any atom is -0.465 e. The Hall–Kier alpha value is -1.51. The summed E-state index contributed by atoms with van der Waals surface area (Å²) in [5.74, 6) is -0.237. The fourth-order valence-electron chi connectivity index (χ4n) is 1.91. The molecule has 0 saturated heterocycles. The summed E-state index contributed by atoms with van der Waals surface area (Å²) in [6.45, 7) is 3.28. The molecule has 0 radical (unpaired) electrons. The molecule has 3 nitrogen and oxygen atoms in total. The number of hydrogen-bond acceptors (Lipinski definition) is 3. The van der Waals surface area contributed by atoms with E-state index in [1.165, 1.54) is 0 Å². The molecule has 0 aliphatic carbocycles. The minimum atomic E-state index is -0.131. The third kappa shape index (κ3) is 2.18. The maximum Gasteiger partial charge on any atom is 0.315 e. The van der Waals surface area contributed by atoms with Crippen LogP contribution in [0, 0.1) is 0 Å². The first kappa shape index (κ1) is 11.0. The van der Waals surface area contributed by atoms with Gasteiger partial charge in [0.15, 0.2) is 0 Å². The van der Waals surface area contributed by atoms with Gasteiger partial charge in [0.25, 0.3) is 0 Å². The molecule has 0 spiro atoms. The van der Waals surface area contributed by atoms with Gasteiger partial charge < -0.3 is 10.1 Å². The Kier molecular flexibility index (Phi) is 3.44. The lowest BCUT2D eigenvalue weighted by Gasteiger charge is -2.09.